The molecule has 41 heavy (non-hydrogen) atoms. The summed E-state index contributed by atoms with van der Waals surface area (Å²) in [6.45, 7) is 19.2. The first-order valence-corrected chi connectivity index (χ1v) is 12.9. The van der Waals surface area contributed by atoms with Gasteiger partial charge in [0, 0.05) is 39.5 Å². The molecule has 0 fully saturated rings. The molecule has 5 aromatic rings. The summed E-state index contributed by atoms with van der Waals surface area (Å²) in [4.78, 5) is 6.34. The minimum atomic E-state index is -0.0287. The van der Waals surface area contributed by atoms with Crippen molar-refractivity contribution in [2.75, 3.05) is 0 Å². The number of nitriles is 2. The second-order valence-electron chi connectivity index (χ2n) is 9.76. The molecular weight excluding hydrogens is 510 g/mol. The maximum Gasteiger partial charge on any atom is 0.265 e. The predicted molar refractivity (Wildman–Crippen MR) is 159 cm³/mol. The highest BCUT2D eigenvalue weighted by Crippen LogP contribution is 2.36. The lowest BCUT2D eigenvalue weighted by molar-refractivity contribution is 0.545. The largest absolute Gasteiger partial charge is 0.458 e. The fraction of sp³-hybridized carbons (Fsp3) is 0.118. The highest BCUT2D eigenvalue weighted by Gasteiger charge is 2.16. The number of nitrogens with zero attached hydrogens (tertiary/aromatic N) is 5. The smallest absolute Gasteiger partial charge is 0.265 e. The summed E-state index contributed by atoms with van der Waals surface area (Å²) in [6.07, 6.45) is 6.25. The first-order valence-electron chi connectivity index (χ1n) is 12.9. The summed E-state index contributed by atoms with van der Waals surface area (Å²) < 4.78 is 14.3. The van der Waals surface area contributed by atoms with E-state index in [1.807, 2.05) is 42.5 Å². The summed E-state index contributed by atoms with van der Waals surface area (Å²) in [5.74, 6) is 2.86. The Balaban J connectivity index is 1.56. The van der Waals surface area contributed by atoms with E-state index in [0.29, 0.717) is 23.2 Å². The molecule has 0 saturated carbocycles. The van der Waals surface area contributed by atoms with E-state index >= 15 is 0 Å². The molecule has 0 bridgehead atoms. The van der Waals surface area contributed by atoms with Crippen LogP contribution < -0.4 is 0 Å². The molecule has 5 rings (SSSR count). The lowest BCUT2D eigenvalue weighted by atomic mass is 10.1. The number of benzene rings is 2. The zero-order chi connectivity index (χ0) is 28.9. The van der Waals surface area contributed by atoms with Gasteiger partial charge in [-0.15, -0.1) is 0 Å². The van der Waals surface area contributed by atoms with Gasteiger partial charge in [-0.1, -0.05) is 44.2 Å². The van der Waals surface area contributed by atoms with Crippen molar-refractivity contribution in [3.8, 4) is 34.8 Å². The van der Waals surface area contributed by atoms with Crippen molar-refractivity contribution < 1.29 is 8.83 Å². The highest BCUT2D eigenvalue weighted by molar-refractivity contribution is 6.09. The average Bonchev–Trinajstić information content (AvgIpc) is 3.72. The van der Waals surface area contributed by atoms with Gasteiger partial charge in [0.1, 0.15) is 23.0 Å². The third-order valence-electron chi connectivity index (χ3n) is 6.50. The Bertz CT molecular complexity index is 2020. The zero-order valence-corrected chi connectivity index (χ0v) is 22.4. The number of hydrogen-bond acceptors (Lipinski definition) is 4. The molecule has 0 radical (unpaired) electrons. The van der Waals surface area contributed by atoms with Gasteiger partial charge in [0.2, 0.25) is 0 Å². The molecule has 0 spiro atoms. The van der Waals surface area contributed by atoms with Crippen molar-refractivity contribution >= 4 is 34.0 Å². The van der Waals surface area contributed by atoms with E-state index in [-0.39, 0.29) is 11.4 Å². The van der Waals surface area contributed by atoms with Crippen molar-refractivity contribution in [3.63, 3.8) is 0 Å². The van der Waals surface area contributed by atoms with Gasteiger partial charge in [0.15, 0.2) is 0 Å². The Morgan fingerprint density at radius 1 is 0.829 bits per heavy atom. The topological polar surface area (TPSA) is 87.5 Å². The van der Waals surface area contributed by atoms with Crippen LogP contribution in [-0.2, 0) is 6.54 Å². The van der Waals surface area contributed by atoms with Gasteiger partial charge in [0.05, 0.1) is 25.3 Å². The molecule has 2 aromatic carbocycles. The summed E-state index contributed by atoms with van der Waals surface area (Å²) in [6, 6.07) is 23.6. The molecule has 0 N–H and O–H groups in total. The minimum absolute atomic E-state index is 0.0113. The fourth-order valence-electron chi connectivity index (χ4n) is 4.70. The van der Waals surface area contributed by atoms with Gasteiger partial charge >= 0.3 is 0 Å². The second kappa shape index (κ2) is 11.4. The van der Waals surface area contributed by atoms with E-state index in [0.717, 1.165) is 45.2 Å². The molecule has 7 heteroatoms. The van der Waals surface area contributed by atoms with Gasteiger partial charge in [-0.25, -0.2) is 20.2 Å². The van der Waals surface area contributed by atoms with Crippen LogP contribution in [0.3, 0.4) is 0 Å². The van der Waals surface area contributed by atoms with E-state index in [2.05, 4.69) is 52.4 Å². The Morgan fingerprint density at radius 2 is 1.39 bits per heavy atom. The number of hydrogen-bond donors (Lipinski definition) is 0. The first kappa shape index (κ1) is 26.6. The molecule has 0 amide bonds. The third-order valence-corrected chi connectivity index (χ3v) is 6.50. The molecule has 3 aromatic heterocycles. The molecule has 0 aliphatic carbocycles. The molecule has 3 heterocycles. The van der Waals surface area contributed by atoms with Crippen LogP contribution >= 0.6 is 0 Å². The van der Waals surface area contributed by atoms with Crippen LogP contribution in [0.1, 0.15) is 25.4 Å². The van der Waals surface area contributed by atoms with Crippen molar-refractivity contribution in [2.24, 2.45) is 5.92 Å². The van der Waals surface area contributed by atoms with Crippen LogP contribution in [0.25, 0.3) is 66.3 Å². The van der Waals surface area contributed by atoms with Crippen LogP contribution in [0.15, 0.2) is 93.0 Å². The van der Waals surface area contributed by atoms with Crippen molar-refractivity contribution in [3.05, 3.63) is 119 Å². The van der Waals surface area contributed by atoms with E-state index in [1.54, 1.807) is 18.2 Å². The Hall–Kier alpha value is -6.02. The summed E-state index contributed by atoms with van der Waals surface area (Å²) >= 11 is 0. The Kier molecular flexibility index (Phi) is 7.38. The predicted octanol–water partition coefficient (Wildman–Crippen LogP) is 9.09. The lowest BCUT2D eigenvalue weighted by Crippen LogP contribution is -2.04. The molecular formula is C34H23N5O2. The first-order chi connectivity index (χ1) is 19.9. The quantitative estimate of drug-likeness (QED) is 0.119. The minimum Gasteiger partial charge on any atom is -0.458 e. The van der Waals surface area contributed by atoms with E-state index in [1.165, 1.54) is 12.2 Å². The van der Waals surface area contributed by atoms with Crippen molar-refractivity contribution in [2.45, 2.75) is 20.4 Å². The number of fused-ring (bicyclic) bond motifs is 3. The monoisotopic (exact) mass is 533 g/mol. The molecule has 0 aliphatic rings. The van der Waals surface area contributed by atoms with E-state index in [4.69, 9.17) is 32.5 Å². The molecule has 0 aliphatic heterocycles. The van der Waals surface area contributed by atoms with E-state index in [9.17, 15) is 0 Å². The summed E-state index contributed by atoms with van der Waals surface area (Å²) in [7, 11) is 0. The number of rotatable bonds is 7. The van der Waals surface area contributed by atoms with Gasteiger partial charge in [-0.3, -0.25) is 0 Å². The summed E-state index contributed by atoms with van der Waals surface area (Å²) in [5, 5.41) is 20.2. The maximum absolute atomic E-state index is 9.06. The summed E-state index contributed by atoms with van der Waals surface area (Å²) in [5.41, 5.74) is 4.00. The Labute approximate surface area is 237 Å². The van der Waals surface area contributed by atoms with E-state index < -0.39 is 0 Å². The van der Waals surface area contributed by atoms with Gasteiger partial charge in [-0.2, -0.15) is 0 Å². The van der Waals surface area contributed by atoms with Crippen molar-refractivity contribution in [1.82, 2.24) is 4.57 Å². The second-order valence-corrected chi connectivity index (χ2v) is 9.76. The average molecular weight is 534 g/mol. The molecule has 0 saturated heterocycles. The fourth-order valence-corrected chi connectivity index (χ4v) is 4.70. The standard InChI is InChI=1S/C34H23N5O2/c1-22(2)21-39-31-16-23(33-14-10-27(40-33)7-5-6-25(19-35)37-3)8-12-29(31)30-13-9-24(17-32(30)39)34-15-11-28(41-34)18-26(20-36)38-4/h5-18,22H,21H2,1-2H3/b7-5+,25-6-,26-18+. The van der Waals surface area contributed by atoms with Crippen LogP contribution in [0.4, 0.5) is 0 Å². The number of furan rings is 2. The van der Waals surface area contributed by atoms with Crippen LogP contribution in [0.2, 0.25) is 0 Å². The zero-order valence-electron chi connectivity index (χ0n) is 22.4. The third kappa shape index (κ3) is 5.43. The number of aromatic nitrogens is 1. The maximum atomic E-state index is 9.06. The van der Waals surface area contributed by atoms with Gasteiger partial charge in [-0.05, 0) is 60.5 Å². The van der Waals surface area contributed by atoms with Crippen molar-refractivity contribution in [1.29, 1.82) is 10.5 Å². The SMILES string of the molecule is [C-]#[N+]/C(C#N)=C\C=C\c1ccc(-c2ccc3c4ccc(-c5ccc(/C=C(\C#N)[N+]#[C-])o5)cc4n(CC(C)C)c3c2)o1. The normalized spacial score (nSPS) is 12.1. The van der Waals surface area contributed by atoms with Gasteiger partial charge in [0.25, 0.3) is 11.4 Å². The number of allylic oxidation sites excluding steroid dienone is 4. The van der Waals surface area contributed by atoms with Gasteiger partial charge < -0.3 is 13.4 Å². The molecule has 0 unspecified atom stereocenters. The Morgan fingerprint density at radius 3 is 1.93 bits per heavy atom. The molecule has 196 valence electrons. The van der Waals surface area contributed by atoms with Crippen LogP contribution in [0, 0.1) is 41.7 Å². The van der Waals surface area contributed by atoms with Crippen LogP contribution in [-0.4, -0.2) is 4.57 Å². The lowest BCUT2D eigenvalue weighted by Gasteiger charge is -2.11. The molecule has 0 atom stereocenters. The van der Waals surface area contributed by atoms with Crippen LogP contribution in [0.5, 0.6) is 0 Å². The highest BCUT2D eigenvalue weighted by atomic mass is 16.3. The molecule has 7 nitrogen and oxygen atoms in total.